The highest BCUT2D eigenvalue weighted by Gasteiger charge is 2.20. The van der Waals surface area contributed by atoms with Crippen LogP contribution in [0.5, 0.6) is 0 Å². The summed E-state index contributed by atoms with van der Waals surface area (Å²) in [6.45, 7) is 2.13. The molecule has 1 aromatic heterocycles. The topological polar surface area (TPSA) is 12.0 Å². The second kappa shape index (κ2) is 6.18. The van der Waals surface area contributed by atoms with Gasteiger partial charge in [0.25, 0.3) is 0 Å². The third-order valence-electron chi connectivity index (χ3n) is 2.66. The zero-order valence-electron chi connectivity index (χ0n) is 9.93. The molecule has 0 aliphatic heterocycles. The van der Waals surface area contributed by atoms with Gasteiger partial charge in [-0.3, -0.25) is 0 Å². The first-order valence-corrected chi connectivity index (χ1v) is 8.60. The largest absolute Gasteiger partial charge is 0.309 e. The summed E-state index contributed by atoms with van der Waals surface area (Å²) >= 11 is 12.6. The van der Waals surface area contributed by atoms with Gasteiger partial charge in [0.05, 0.1) is 6.04 Å². The molecule has 18 heavy (non-hydrogen) atoms. The number of benzene rings is 1. The maximum Gasteiger partial charge on any atom is 0.0691 e. The summed E-state index contributed by atoms with van der Waals surface area (Å²) < 4.78 is 3.37. The number of aryl methyl sites for hydroxylation is 1. The molecular weight excluding hydrogens is 442 g/mol. The predicted octanol–water partition coefficient (Wildman–Crippen LogP) is 5.65. The van der Waals surface area contributed by atoms with E-state index in [-0.39, 0.29) is 6.04 Å². The van der Waals surface area contributed by atoms with Crippen LogP contribution in [0.15, 0.2) is 37.7 Å². The van der Waals surface area contributed by atoms with Gasteiger partial charge in [-0.1, -0.05) is 31.9 Å². The van der Waals surface area contributed by atoms with E-state index < -0.39 is 0 Å². The van der Waals surface area contributed by atoms with Crippen molar-refractivity contribution in [1.82, 2.24) is 5.32 Å². The normalized spacial score (nSPS) is 12.7. The number of halogens is 3. The van der Waals surface area contributed by atoms with Crippen LogP contribution in [0.1, 0.15) is 21.4 Å². The fourth-order valence-corrected chi connectivity index (χ4v) is 4.73. The van der Waals surface area contributed by atoms with Crippen LogP contribution in [0, 0.1) is 6.92 Å². The lowest BCUT2D eigenvalue weighted by Gasteiger charge is -2.18. The Morgan fingerprint density at radius 3 is 2.39 bits per heavy atom. The molecule has 96 valence electrons. The second-order valence-corrected chi connectivity index (χ2v) is 7.87. The zero-order chi connectivity index (χ0) is 13.3. The van der Waals surface area contributed by atoms with Crippen molar-refractivity contribution in [3.8, 4) is 0 Å². The smallest absolute Gasteiger partial charge is 0.0691 e. The van der Waals surface area contributed by atoms with E-state index in [9.17, 15) is 0 Å². The molecule has 0 radical (unpaired) electrons. The van der Waals surface area contributed by atoms with Crippen molar-refractivity contribution in [1.29, 1.82) is 0 Å². The molecule has 2 rings (SSSR count). The summed E-state index contributed by atoms with van der Waals surface area (Å²) in [5.74, 6) is 0. The Morgan fingerprint density at radius 1 is 1.11 bits per heavy atom. The van der Waals surface area contributed by atoms with E-state index in [1.54, 1.807) is 0 Å². The second-order valence-electron chi connectivity index (χ2n) is 3.96. The molecule has 0 bridgehead atoms. The Morgan fingerprint density at radius 2 is 1.83 bits per heavy atom. The number of rotatable bonds is 3. The Hall–Kier alpha value is 0.320. The van der Waals surface area contributed by atoms with Crippen LogP contribution in [0.3, 0.4) is 0 Å². The Labute approximate surface area is 136 Å². The Kier molecular flexibility index (Phi) is 5.06. The molecule has 0 spiro atoms. The lowest BCUT2D eigenvalue weighted by atomic mass is 10.1. The number of hydrogen-bond acceptors (Lipinski definition) is 2. The summed E-state index contributed by atoms with van der Waals surface area (Å²) in [4.78, 5) is 2.61. The maximum atomic E-state index is 3.64. The van der Waals surface area contributed by atoms with Crippen LogP contribution >= 0.6 is 59.1 Å². The molecular formula is C13H12Br3NS. The third-order valence-corrected chi connectivity index (χ3v) is 5.91. The molecule has 0 aliphatic rings. The third kappa shape index (κ3) is 3.07. The van der Waals surface area contributed by atoms with E-state index >= 15 is 0 Å². The highest BCUT2D eigenvalue weighted by atomic mass is 79.9. The molecule has 1 atom stereocenters. The summed E-state index contributed by atoms with van der Waals surface area (Å²) in [5, 5.41) is 3.39. The van der Waals surface area contributed by atoms with Crippen molar-refractivity contribution in [2.75, 3.05) is 7.05 Å². The van der Waals surface area contributed by atoms with E-state index in [0.717, 1.165) is 13.4 Å². The van der Waals surface area contributed by atoms with Gasteiger partial charge in [0.15, 0.2) is 0 Å². The highest BCUT2D eigenvalue weighted by Crippen LogP contribution is 2.38. The lowest BCUT2D eigenvalue weighted by Crippen LogP contribution is -2.17. The fraction of sp³-hybridized carbons (Fsp3) is 0.231. The standard InChI is InChI=1S/C13H12Br3NS/c1-7-5-11(16)13(18-7)12(17-2)9-6-8(14)3-4-10(9)15/h3-6,12,17H,1-2H3. The first-order valence-electron chi connectivity index (χ1n) is 5.41. The van der Waals surface area contributed by atoms with Crippen LogP contribution in [0.4, 0.5) is 0 Å². The molecule has 1 heterocycles. The van der Waals surface area contributed by atoms with Crippen molar-refractivity contribution >= 4 is 59.1 Å². The monoisotopic (exact) mass is 451 g/mol. The lowest BCUT2D eigenvalue weighted by molar-refractivity contribution is 0.698. The van der Waals surface area contributed by atoms with Gasteiger partial charge in [-0.25, -0.2) is 0 Å². The Balaban J connectivity index is 2.51. The molecule has 1 aromatic carbocycles. The van der Waals surface area contributed by atoms with Gasteiger partial charge in [0.1, 0.15) is 0 Å². The summed E-state index contributed by atoms with van der Waals surface area (Å²) in [5.41, 5.74) is 1.23. The molecule has 0 saturated carbocycles. The van der Waals surface area contributed by atoms with Crippen molar-refractivity contribution in [2.24, 2.45) is 0 Å². The highest BCUT2D eigenvalue weighted by molar-refractivity contribution is 9.11. The van der Waals surface area contributed by atoms with Gasteiger partial charge in [-0.2, -0.15) is 0 Å². The van der Waals surface area contributed by atoms with Gasteiger partial charge in [-0.15, -0.1) is 11.3 Å². The van der Waals surface area contributed by atoms with Crippen LogP contribution < -0.4 is 5.32 Å². The molecule has 5 heteroatoms. The molecule has 0 saturated heterocycles. The molecule has 1 nitrogen and oxygen atoms in total. The summed E-state index contributed by atoms with van der Waals surface area (Å²) in [6, 6.07) is 8.60. The summed E-state index contributed by atoms with van der Waals surface area (Å²) in [6.07, 6.45) is 0. The molecule has 0 aliphatic carbocycles. The fourth-order valence-electron chi connectivity index (χ4n) is 1.86. The van der Waals surface area contributed by atoms with E-state index in [4.69, 9.17) is 0 Å². The minimum atomic E-state index is 0.185. The van der Waals surface area contributed by atoms with E-state index in [1.165, 1.54) is 15.3 Å². The SMILES string of the molecule is CNC(c1cc(Br)ccc1Br)c1sc(C)cc1Br. The van der Waals surface area contributed by atoms with Crippen LogP contribution in [-0.2, 0) is 0 Å². The van der Waals surface area contributed by atoms with Crippen molar-refractivity contribution in [3.05, 3.63) is 53.0 Å². The van der Waals surface area contributed by atoms with Crippen molar-refractivity contribution in [3.63, 3.8) is 0 Å². The minimum absolute atomic E-state index is 0.185. The van der Waals surface area contributed by atoms with Crippen LogP contribution in [0.2, 0.25) is 0 Å². The molecule has 1 unspecified atom stereocenters. The number of hydrogen-bond donors (Lipinski definition) is 1. The predicted molar refractivity (Wildman–Crippen MR) is 89.5 cm³/mol. The van der Waals surface area contributed by atoms with Gasteiger partial charge in [-0.05, 0) is 59.7 Å². The molecule has 1 N–H and O–H groups in total. The van der Waals surface area contributed by atoms with Crippen LogP contribution in [0.25, 0.3) is 0 Å². The van der Waals surface area contributed by atoms with Gasteiger partial charge in [0, 0.05) is 23.2 Å². The molecule has 0 amide bonds. The van der Waals surface area contributed by atoms with E-state index in [2.05, 4.69) is 78.2 Å². The van der Waals surface area contributed by atoms with Gasteiger partial charge < -0.3 is 5.32 Å². The average molecular weight is 454 g/mol. The molecule has 0 fully saturated rings. The molecule has 2 aromatic rings. The van der Waals surface area contributed by atoms with E-state index in [0.29, 0.717) is 0 Å². The van der Waals surface area contributed by atoms with Gasteiger partial charge >= 0.3 is 0 Å². The summed E-state index contributed by atoms with van der Waals surface area (Å²) in [7, 11) is 1.99. The van der Waals surface area contributed by atoms with Crippen LogP contribution in [-0.4, -0.2) is 7.05 Å². The quantitative estimate of drug-likeness (QED) is 0.633. The number of nitrogens with one attached hydrogen (secondary N) is 1. The van der Waals surface area contributed by atoms with Crippen molar-refractivity contribution < 1.29 is 0 Å². The Bertz CT molecular complexity index is 565. The maximum absolute atomic E-state index is 3.64. The average Bonchev–Trinajstić information content (AvgIpc) is 2.64. The first kappa shape index (κ1) is 14.7. The van der Waals surface area contributed by atoms with E-state index in [1.807, 2.05) is 24.5 Å². The number of thiophene rings is 1. The zero-order valence-corrected chi connectivity index (χ0v) is 15.5. The first-order chi connectivity index (χ1) is 8.52. The van der Waals surface area contributed by atoms with Gasteiger partial charge in [0.2, 0.25) is 0 Å². The van der Waals surface area contributed by atoms with Crippen molar-refractivity contribution in [2.45, 2.75) is 13.0 Å². The minimum Gasteiger partial charge on any atom is -0.309 e.